The van der Waals surface area contributed by atoms with Gasteiger partial charge in [0.15, 0.2) is 0 Å². The van der Waals surface area contributed by atoms with Crippen LogP contribution >= 0.6 is 11.8 Å². The number of rotatable bonds is 3. The molecule has 1 N–H and O–H groups in total. The van der Waals surface area contributed by atoms with E-state index in [9.17, 15) is 0 Å². The molecule has 2 fully saturated rings. The number of hydrogen-bond donors (Lipinski definition) is 1. The van der Waals surface area contributed by atoms with Gasteiger partial charge < -0.3 is 14.8 Å². The van der Waals surface area contributed by atoms with Crippen molar-refractivity contribution in [2.45, 2.75) is 24.9 Å². The molecule has 2 heterocycles. The van der Waals surface area contributed by atoms with Gasteiger partial charge in [-0.25, -0.2) is 0 Å². The molecule has 0 saturated carbocycles. The van der Waals surface area contributed by atoms with Crippen molar-refractivity contribution in [2.75, 3.05) is 38.3 Å². The second-order valence-electron chi connectivity index (χ2n) is 5.45. The highest BCUT2D eigenvalue weighted by atomic mass is 32.2. The normalized spacial score (nSPS) is 24.6. The Labute approximate surface area is 125 Å². The zero-order valence-corrected chi connectivity index (χ0v) is 12.9. The maximum absolute atomic E-state index is 5.90. The van der Waals surface area contributed by atoms with Gasteiger partial charge in [0.05, 0.1) is 19.8 Å². The molecule has 3 rings (SSSR count). The van der Waals surface area contributed by atoms with Gasteiger partial charge in [0.2, 0.25) is 0 Å². The summed E-state index contributed by atoms with van der Waals surface area (Å²) in [5, 5.41) is 3.40. The Morgan fingerprint density at radius 1 is 1.30 bits per heavy atom. The van der Waals surface area contributed by atoms with Gasteiger partial charge in [0.1, 0.15) is 5.75 Å². The molecule has 0 amide bonds. The number of morpholine rings is 1. The number of methoxy groups -OCH3 is 1. The van der Waals surface area contributed by atoms with Gasteiger partial charge in [-0.3, -0.25) is 0 Å². The first kappa shape index (κ1) is 14.2. The average Bonchev–Trinajstić information content (AvgIpc) is 2.56. The minimum atomic E-state index is 0.122. The average molecular weight is 293 g/mol. The summed E-state index contributed by atoms with van der Waals surface area (Å²) in [7, 11) is 1.74. The Bertz CT molecular complexity index is 440. The summed E-state index contributed by atoms with van der Waals surface area (Å²) in [5.74, 6) is 4.23. The number of ether oxygens (including phenoxy) is 2. The lowest BCUT2D eigenvalue weighted by molar-refractivity contribution is 0.0262. The van der Waals surface area contributed by atoms with Crippen LogP contribution in [0, 0.1) is 0 Å². The van der Waals surface area contributed by atoms with Crippen molar-refractivity contribution in [1.29, 1.82) is 0 Å². The molecule has 1 unspecified atom stereocenters. The third-order valence-corrected chi connectivity index (χ3v) is 5.27. The van der Waals surface area contributed by atoms with Gasteiger partial charge in [0.25, 0.3) is 0 Å². The Morgan fingerprint density at radius 3 is 2.85 bits per heavy atom. The smallest absolute Gasteiger partial charge is 0.124 e. The van der Waals surface area contributed by atoms with Crippen LogP contribution in [0.3, 0.4) is 0 Å². The van der Waals surface area contributed by atoms with E-state index >= 15 is 0 Å². The largest absolute Gasteiger partial charge is 0.496 e. The van der Waals surface area contributed by atoms with Crippen LogP contribution in [0.25, 0.3) is 0 Å². The molecule has 0 bridgehead atoms. The molecule has 3 nitrogen and oxygen atoms in total. The molecular formula is C16H23NO2S. The molecule has 1 aromatic carbocycles. The summed E-state index contributed by atoms with van der Waals surface area (Å²) in [4.78, 5) is 0. The fraction of sp³-hybridized carbons (Fsp3) is 0.625. The van der Waals surface area contributed by atoms with Crippen molar-refractivity contribution < 1.29 is 9.47 Å². The SMILES string of the molecule is COc1ccc(C2CCSCC2)cc1C1CNCCO1. The van der Waals surface area contributed by atoms with Crippen LogP contribution in [0.1, 0.15) is 36.0 Å². The van der Waals surface area contributed by atoms with Gasteiger partial charge >= 0.3 is 0 Å². The van der Waals surface area contributed by atoms with Crippen molar-refractivity contribution in [3.05, 3.63) is 29.3 Å². The predicted octanol–water partition coefficient (Wildman–Crippen LogP) is 2.97. The zero-order valence-electron chi connectivity index (χ0n) is 12.1. The van der Waals surface area contributed by atoms with Gasteiger partial charge in [-0.2, -0.15) is 11.8 Å². The van der Waals surface area contributed by atoms with Crippen LogP contribution in [0.5, 0.6) is 5.75 Å². The highest BCUT2D eigenvalue weighted by Crippen LogP contribution is 2.36. The van der Waals surface area contributed by atoms with Crippen LogP contribution in [-0.4, -0.2) is 38.3 Å². The summed E-state index contributed by atoms with van der Waals surface area (Å²) >= 11 is 2.07. The highest BCUT2D eigenvalue weighted by Gasteiger charge is 2.22. The van der Waals surface area contributed by atoms with E-state index in [1.807, 2.05) is 0 Å². The van der Waals surface area contributed by atoms with E-state index in [4.69, 9.17) is 9.47 Å². The maximum atomic E-state index is 5.90. The molecule has 0 aromatic heterocycles. The first-order chi connectivity index (χ1) is 9.88. The molecule has 2 aliphatic heterocycles. The van der Waals surface area contributed by atoms with E-state index in [0.717, 1.165) is 25.4 Å². The van der Waals surface area contributed by atoms with E-state index in [1.54, 1.807) is 7.11 Å². The summed E-state index contributed by atoms with van der Waals surface area (Å²) in [6.45, 7) is 2.59. The first-order valence-corrected chi connectivity index (χ1v) is 8.62. The topological polar surface area (TPSA) is 30.5 Å². The minimum Gasteiger partial charge on any atom is -0.496 e. The van der Waals surface area contributed by atoms with Crippen LogP contribution in [0.15, 0.2) is 18.2 Å². The minimum absolute atomic E-state index is 0.122. The fourth-order valence-electron chi connectivity index (χ4n) is 3.05. The Kier molecular flexibility index (Phi) is 4.86. The van der Waals surface area contributed by atoms with E-state index in [2.05, 4.69) is 35.3 Å². The standard InChI is InChI=1S/C16H23NO2S/c1-18-15-3-2-13(12-4-8-20-9-5-12)10-14(15)16-11-17-6-7-19-16/h2-3,10,12,16-17H,4-9,11H2,1H3. The van der Waals surface area contributed by atoms with E-state index in [1.165, 1.54) is 35.5 Å². The molecule has 4 heteroatoms. The Balaban J connectivity index is 1.85. The molecule has 2 saturated heterocycles. The van der Waals surface area contributed by atoms with Crippen LogP contribution < -0.4 is 10.1 Å². The summed E-state index contributed by atoms with van der Waals surface area (Å²) < 4.78 is 11.4. The number of nitrogens with one attached hydrogen (secondary N) is 1. The molecule has 110 valence electrons. The predicted molar refractivity (Wildman–Crippen MR) is 83.9 cm³/mol. The van der Waals surface area contributed by atoms with E-state index < -0.39 is 0 Å². The maximum Gasteiger partial charge on any atom is 0.124 e. The highest BCUT2D eigenvalue weighted by molar-refractivity contribution is 7.99. The second-order valence-corrected chi connectivity index (χ2v) is 6.68. The van der Waals surface area contributed by atoms with Crippen molar-refractivity contribution in [1.82, 2.24) is 5.32 Å². The Hall–Kier alpha value is -0.710. The van der Waals surface area contributed by atoms with E-state index in [0.29, 0.717) is 5.92 Å². The second kappa shape index (κ2) is 6.83. The lowest BCUT2D eigenvalue weighted by Gasteiger charge is -2.27. The van der Waals surface area contributed by atoms with Crippen LogP contribution in [0.4, 0.5) is 0 Å². The lowest BCUT2D eigenvalue weighted by Crippen LogP contribution is -2.33. The molecule has 0 radical (unpaired) electrons. The molecular weight excluding hydrogens is 270 g/mol. The Morgan fingerprint density at radius 2 is 2.15 bits per heavy atom. The summed E-state index contributed by atoms with van der Waals surface area (Å²) in [6.07, 6.45) is 2.71. The quantitative estimate of drug-likeness (QED) is 0.928. The lowest BCUT2D eigenvalue weighted by atomic mass is 9.91. The summed E-state index contributed by atoms with van der Waals surface area (Å²) in [6, 6.07) is 6.67. The summed E-state index contributed by atoms with van der Waals surface area (Å²) in [5.41, 5.74) is 2.66. The third kappa shape index (κ3) is 3.13. The number of hydrogen-bond acceptors (Lipinski definition) is 4. The number of thioether (sulfide) groups is 1. The molecule has 1 atom stereocenters. The molecule has 1 aromatic rings. The molecule has 20 heavy (non-hydrogen) atoms. The van der Waals surface area contributed by atoms with Crippen molar-refractivity contribution in [3.8, 4) is 5.75 Å². The molecule has 2 aliphatic rings. The van der Waals surface area contributed by atoms with Crippen molar-refractivity contribution in [2.24, 2.45) is 0 Å². The zero-order chi connectivity index (χ0) is 13.8. The molecule has 0 aliphatic carbocycles. The molecule has 0 spiro atoms. The van der Waals surface area contributed by atoms with Crippen molar-refractivity contribution >= 4 is 11.8 Å². The van der Waals surface area contributed by atoms with Gasteiger partial charge in [-0.15, -0.1) is 0 Å². The van der Waals surface area contributed by atoms with Gasteiger partial charge in [-0.1, -0.05) is 6.07 Å². The van der Waals surface area contributed by atoms with E-state index in [-0.39, 0.29) is 6.10 Å². The van der Waals surface area contributed by atoms with Crippen LogP contribution in [-0.2, 0) is 4.74 Å². The number of benzene rings is 1. The first-order valence-electron chi connectivity index (χ1n) is 7.46. The monoisotopic (exact) mass is 293 g/mol. The third-order valence-electron chi connectivity index (χ3n) is 4.22. The van der Waals surface area contributed by atoms with Gasteiger partial charge in [0, 0.05) is 18.7 Å². The van der Waals surface area contributed by atoms with Crippen LogP contribution in [0.2, 0.25) is 0 Å². The van der Waals surface area contributed by atoms with Gasteiger partial charge in [-0.05, 0) is 48.0 Å². The fourth-order valence-corrected chi connectivity index (χ4v) is 4.16. The van der Waals surface area contributed by atoms with Crippen molar-refractivity contribution in [3.63, 3.8) is 0 Å².